The molecule has 2 N–H and O–H groups in total. The fraction of sp³-hybridized carbons (Fsp3) is 0.429. The fourth-order valence-electron chi connectivity index (χ4n) is 3.34. The number of fused-ring (bicyclic) bond motifs is 3. The van der Waals surface area contributed by atoms with Crippen LogP contribution < -0.4 is 11.3 Å². The quantitative estimate of drug-likeness (QED) is 0.525. The van der Waals surface area contributed by atoms with E-state index in [-0.39, 0.29) is 12.2 Å². The number of pyridine rings is 1. The summed E-state index contributed by atoms with van der Waals surface area (Å²) >= 11 is 1.28. The molecule has 0 atom stereocenters. The number of carbonyl (C=O) groups excluding carboxylic acids is 1. The van der Waals surface area contributed by atoms with Gasteiger partial charge in [-0.25, -0.2) is 0 Å². The van der Waals surface area contributed by atoms with Crippen LogP contribution in [0.3, 0.4) is 0 Å². The smallest absolute Gasteiger partial charge is 0.260 e. The lowest BCUT2D eigenvalue weighted by atomic mass is 10.1. The maximum atomic E-state index is 13.4. The molecule has 6 nitrogen and oxygen atoms in total. The zero-order valence-electron chi connectivity index (χ0n) is 16.3. The standard InChI is InChI=1S/C21H26N2O4S/c1-3-5-10-23-16-9-7-6-8-14(16)18-17(21(23)25)15(19(28-18)20(22)24)13-27-12-11-26-4-2/h6-9H,3-5,10-13H2,1-2H3,(H2,22,24). The van der Waals surface area contributed by atoms with Gasteiger partial charge >= 0.3 is 0 Å². The molecule has 0 saturated heterocycles. The Morgan fingerprint density at radius 2 is 1.93 bits per heavy atom. The normalized spacial score (nSPS) is 11.5. The molecule has 0 aliphatic heterocycles. The average molecular weight is 403 g/mol. The predicted octanol–water partition coefficient (Wildman–Crippen LogP) is 3.67. The molecule has 28 heavy (non-hydrogen) atoms. The van der Waals surface area contributed by atoms with E-state index in [1.54, 1.807) is 0 Å². The summed E-state index contributed by atoms with van der Waals surface area (Å²) in [6.07, 6.45) is 1.89. The number of unbranched alkanes of at least 4 members (excludes halogenated alkanes) is 1. The first kappa shape index (κ1) is 20.5. The first-order valence-electron chi connectivity index (χ1n) is 9.62. The minimum Gasteiger partial charge on any atom is -0.379 e. The average Bonchev–Trinajstić information content (AvgIpc) is 3.08. The van der Waals surface area contributed by atoms with E-state index in [0.29, 0.717) is 42.2 Å². The molecule has 0 fully saturated rings. The highest BCUT2D eigenvalue weighted by molar-refractivity contribution is 7.22. The largest absolute Gasteiger partial charge is 0.379 e. The summed E-state index contributed by atoms with van der Waals surface area (Å²) in [6.45, 7) is 6.28. The Bertz CT molecular complexity index is 1040. The first-order chi connectivity index (χ1) is 13.6. The van der Waals surface area contributed by atoms with Gasteiger partial charge in [0.2, 0.25) is 0 Å². The van der Waals surface area contributed by atoms with Crippen molar-refractivity contribution in [2.24, 2.45) is 5.73 Å². The van der Waals surface area contributed by atoms with Gasteiger partial charge in [0.1, 0.15) is 0 Å². The van der Waals surface area contributed by atoms with Gasteiger partial charge < -0.3 is 19.8 Å². The van der Waals surface area contributed by atoms with Gasteiger partial charge in [-0.3, -0.25) is 9.59 Å². The van der Waals surface area contributed by atoms with Crippen molar-refractivity contribution in [3.63, 3.8) is 0 Å². The van der Waals surface area contributed by atoms with Crippen molar-refractivity contribution in [3.05, 3.63) is 45.1 Å². The molecule has 1 aromatic carbocycles. The summed E-state index contributed by atoms with van der Waals surface area (Å²) in [5, 5.41) is 1.51. The van der Waals surface area contributed by atoms with Crippen LogP contribution in [0.1, 0.15) is 41.9 Å². The van der Waals surface area contributed by atoms with Crippen molar-refractivity contribution in [1.82, 2.24) is 4.57 Å². The molecular formula is C21H26N2O4S. The topological polar surface area (TPSA) is 83.6 Å². The van der Waals surface area contributed by atoms with E-state index in [9.17, 15) is 9.59 Å². The van der Waals surface area contributed by atoms with Gasteiger partial charge in [0.25, 0.3) is 11.5 Å². The molecule has 1 amide bonds. The predicted molar refractivity (Wildman–Crippen MR) is 113 cm³/mol. The number of thiophene rings is 1. The summed E-state index contributed by atoms with van der Waals surface area (Å²) in [4.78, 5) is 25.8. The van der Waals surface area contributed by atoms with Crippen LogP contribution in [0, 0.1) is 0 Å². The molecule has 2 aromatic heterocycles. The van der Waals surface area contributed by atoms with E-state index < -0.39 is 5.91 Å². The number of aryl methyl sites for hydroxylation is 1. The monoisotopic (exact) mass is 402 g/mol. The number of benzene rings is 1. The number of nitrogens with two attached hydrogens (primary N) is 1. The Morgan fingerprint density at radius 3 is 2.64 bits per heavy atom. The summed E-state index contributed by atoms with van der Waals surface area (Å²) in [5.41, 5.74) is 7.01. The Balaban J connectivity index is 2.17. The van der Waals surface area contributed by atoms with E-state index in [1.165, 1.54) is 11.3 Å². The molecule has 3 rings (SSSR count). The second kappa shape index (κ2) is 9.32. The summed E-state index contributed by atoms with van der Waals surface area (Å²) in [6, 6.07) is 7.81. The van der Waals surface area contributed by atoms with Gasteiger partial charge in [0.15, 0.2) is 0 Å². The van der Waals surface area contributed by atoms with Gasteiger partial charge in [-0.2, -0.15) is 0 Å². The highest BCUT2D eigenvalue weighted by Gasteiger charge is 2.22. The van der Waals surface area contributed by atoms with E-state index in [1.807, 2.05) is 35.8 Å². The number of carbonyl (C=O) groups is 1. The Kier molecular flexibility index (Phi) is 6.83. The molecular weight excluding hydrogens is 376 g/mol. The maximum Gasteiger partial charge on any atom is 0.260 e. The van der Waals surface area contributed by atoms with Crippen LogP contribution in [0.25, 0.3) is 21.0 Å². The number of hydrogen-bond donors (Lipinski definition) is 1. The van der Waals surface area contributed by atoms with E-state index in [2.05, 4.69) is 6.92 Å². The number of ether oxygens (including phenoxy) is 2. The summed E-state index contributed by atoms with van der Waals surface area (Å²) < 4.78 is 13.6. The van der Waals surface area contributed by atoms with E-state index in [4.69, 9.17) is 15.2 Å². The van der Waals surface area contributed by atoms with E-state index in [0.717, 1.165) is 28.4 Å². The molecule has 0 saturated carbocycles. The Morgan fingerprint density at radius 1 is 1.18 bits per heavy atom. The third-order valence-corrected chi connectivity index (χ3v) is 5.97. The minimum atomic E-state index is -0.534. The van der Waals surface area contributed by atoms with Crippen LogP contribution in [0.15, 0.2) is 29.1 Å². The summed E-state index contributed by atoms with van der Waals surface area (Å²) in [5.74, 6) is -0.534. The van der Waals surface area contributed by atoms with Crippen LogP contribution in [0.2, 0.25) is 0 Å². The van der Waals surface area contributed by atoms with Gasteiger partial charge in [-0.05, 0) is 19.4 Å². The van der Waals surface area contributed by atoms with E-state index >= 15 is 0 Å². The molecule has 3 aromatic rings. The number of rotatable bonds is 10. The molecule has 0 aliphatic carbocycles. The number of nitrogens with zero attached hydrogens (tertiary/aromatic N) is 1. The summed E-state index contributed by atoms with van der Waals surface area (Å²) in [7, 11) is 0. The van der Waals surface area contributed by atoms with Crippen molar-refractivity contribution in [3.8, 4) is 0 Å². The number of hydrogen-bond acceptors (Lipinski definition) is 5. The lowest BCUT2D eigenvalue weighted by Crippen LogP contribution is -2.22. The van der Waals surface area contributed by atoms with Crippen LogP contribution in [0.4, 0.5) is 0 Å². The van der Waals surface area contributed by atoms with Gasteiger partial charge in [-0.1, -0.05) is 31.5 Å². The molecule has 0 aliphatic rings. The first-order valence-corrected chi connectivity index (χ1v) is 10.4. The van der Waals surface area contributed by atoms with Crippen molar-refractivity contribution in [2.45, 2.75) is 39.8 Å². The second-order valence-electron chi connectivity index (χ2n) is 6.56. The Labute approximate surface area is 167 Å². The molecule has 2 heterocycles. The fourth-order valence-corrected chi connectivity index (χ4v) is 4.52. The third-order valence-electron chi connectivity index (χ3n) is 4.69. The highest BCUT2D eigenvalue weighted by Crippen LogP contribution is 2.35. The lowest BCUT2D eigenvalue weighted by Gasteiger charge is -2.12. The van der Waals surface area contributed by atoms with Crippen molar-refractivity contribution in [1.29, 1.82) is 0 Å². The van der Waals surface area contributed by atoms with Gasteiger partial charge in [-0.15, -0.1) is 11.3 Å². The SMILES string of the molecule is CCCCn1c(=O)c2c(COCCOCC)c(C(N)=O)sc2c2ccccc21. The van der Waals surface area contributed by atoms with Crippen LogP contribution >= 0.6 is 11.3 Å². The molecule has 0 radical (unpaired) electrons. The van der Waals surface area contributed by atoms with Gasteiger partial charge in [0, 0.05) is 24.1 Å². The van der Waals surface area contributed by atoms with Crippen molar-refractivity contribution in [2.75, 3.05) is 19.8 Å². The van der Waals surface area contributed by atoms with Gasteiger partial charge in [0.05, 0.1) is 40.3 Å². The number of aromatic nitrogens is 1. The lowest BCUT2D eigenvalue weighted by molar-refractivity contribution is 0.0455. The van der Waals surface area contributed by atoms with Crippen LogP contribution in [0.5, 0.6) is 0 Å². The molecule has 0 bridgehead atoms. The Hall–Kier alpha value is -2.22. The molecule has 0 unspecified atom stereocenters. The van der Waals surface area contributed by atoms with Crippen molar-refractivity contribution < 1.29 is 14.3 Å². The highest BCUT2D eigenvalue weighted by atomic mass is 32.1. The second-order valence-corrected chi connectivity index (χ2v) is 7.58. The molecule has 7 heteroatoms. The number of amides is 1. The zero-order valence-corrected chi connectivity index (χ0v) is 17.1. The zero-order chi connectivity index (χ0) is 20.1. The number of para-hydroxylation sites is 1. The minimum absolute atomic E-state index is 0.0886. The van der Waals surface area contributed by atoms with Crippen LogP contribution in [-0.4, -0.2) is 30.3 Å². The molecule has 150 valence electrons. The van der Waals surface area contributed by atoms with Crippen LogP contribution in [-0.2, 0) is 22.6 Å². The molecule has 0 spiro atoms. The van der Waals surface area contributed by atoms with Crippen molar-refractivity contribution >= 4 is 38.2 Å². The maximum absolute atomic E-state index is 13.4. The number of primary amides is 1. The third kappa shape index (κ3) is 3.97.